The van der Waals surface area contributed by atoms with Gasteiger partial charge in [-0.05, 0) is 37.5 Å². The highest BCUT2D eigenvalue weighted by Gasteiger charge is 2.12. The molecule has 0 aromatic carbocycles. The Morgan fingerprint density at radius 3 is 1.91 bits per heavy atom. The Labute approximate surface area is 142 Å². The molecule has 3 atom stereocenters. The van der Waals surface area contributed by atoms with Crippen LogP contribution in [0.5, 0.6) is 0 Å². The maximum absolute atomic E-state index is 2.39. The zero-order valence-corrected chi connectivity index (χ0v) is 16.9. The van der Waals surface area contributed by atoms with Crippen LogP contribution in [0.4, 0.5) is 0 Å². The lowest BCUT2D eigenvalue weighted by Crippen LogP contribution is -1.97. The third-order valence-corrected chi connectivity index (χ3v) is 4.51. The molecular formula is C22H44. The van der Waals surface area contributed by atoms with E-state index >= 15 is 0 Å². The molecule has 1 rings (SSSR count). The average Bonchev–Trinajstić information content (AvgIpc) is 2.73. The van der Waals surface area contributed by atoms with Crippen LogP contribution in [-0.4, -0.2) is 0 Å². The average molecular weight is 309 g/mol. The molecule has 132 valence electrons. The van der Waals surface area contributed by atoms with E-state index in [1.54, 1.807) is 0 Å². The molecule has 1 aliphatic rings. The van der Waals surface area contributed by atoms with E-state index in [0.717, 1.165) is 24.2 Å². The second-order valence-electron chi connectivity index (χ2n) is 6.69. The zero-order chi connectivity index (χ0) is 17.4. The highest BCUT2D eigenvalue weighted by atomic mass is 14.2. The van der Waals surface area contributed by atoms with E-state index in [1.165, 1.54) is 44.1 Å². The molecule has 1 aliphatic carbocycles. The molecule has 0 N–H and O–H groups in total. The van der Waals surface area contributed by atoms with Crippen molar-refractivity contribution < 1.29 is 0 Å². The number of allylic oxidation sites excluding steroid dienone is 4. The zero-order valence-electron chi connectivity index (χ0n) is 16.9. The van der Waals surface area contributed by atoms with Crippen LogP contribution in [0.15, 0.2) is 23.8 Å². The van der Waals surface area contributed by atoms with Gasteiger partial charge in [-0.25, -0.2) is 0 Å². The predicted molar refractivity (Wildman–Crippen MR) is 105 cm³/mol. The lowest BCUT2D eigenvalue weighted by Gasteiger charge is -2.09. The molecule has 0 bridgehead atoms. The quantitative estimate of drug-likeness (QED) is 0.362. The Morgan fingerprint density at radius 2 is 1.55 bits per heavy atom. The molecule has 22 heavy (non-hydrogen) atoms. The first-order valence-electron chi connectivity index (χ1n) is 9.86. The van der Waals surface area contributed by atoms with Gasteiger partial charge in [0.2, 0.25) is 0 Å². The molecule has 0 nitrogen and oxygen atoms in total. The second kappa shape index (κ2) is 16.8. The van der Waals surface area contributed by atoms with Crippen LogP contribution in [0.2, 0.25) is 0 Å². The summed E-state index contributed by atoms with van der Waals surface area (Å²) in [5.41, 5.74) is 1.44. The van der Waals surface area contributed by atoms with Gasteiger partial charge in [0.25, 0.3) is 0 Å². The largest absolute Gasteiger partial charge is 0.0845 e. The summed E-state index contributed by atoms with van der Waals surface area (Å²) in [4.78, 5) is 0. The lowest BCUT2D eigenvalue weighted by molar-refractivity contribution is 0.423. The van der Waals surface area contributed by atoms with Crippen molar-refractivity contribution in [3.05, 3.63) is 23.8 Å². The van der Waals surface area contributed by atoms with E-state index in [-0.39, 0.29) is 0 Å². The molecule has 0 aliphatic heterocycles. The molecule has 0 saturated heterocycles. The van der Waals surface area contributed by atoms with Crippen LogP contribution in [0, 0.1) is 17.8 Å². The molecule has 0 radical (unpaired) electrons. The molecule has 3 unspecified atom stereocenters. The van der Waals surface area contributed by atoms with Crippen molar-refractivity contribution in [2.24, 2.45) is 17.8 Å². The number of hydrogen-bond acceptors (Lipinski definition) is 0. The van der Waals surface area contributed by atoms with Crippen LogP contribution >= 0.6 is 0 Å². The van der Waals surface area contributed by atoms with Crippen molar-refractivity contribution in [2.45, 2.75) is 100 Å². The Balaban J connectivity index is 0. The van der Waals surface area contributed by atoms with Gasteiger partial charge in [0.05, 0.1) is 0 Å². The van der Waals surface area contributed by atoms with Crippen LogP contribution in [0.25, 0.3) is 0 Å². The third-order valence-electron chi connectivity index (χ3n) is 4.51. The minimum absolute atomic E-state index is 0.719. The van der Waals surface area contributed by atoms with Crippen molar-refractivity contribution >= 4 is 0 Å². The summed E-state index contributed by atoms with van der Waals surface area (Å²) in [5, 5.41) is 0. The summed E-state index contributed by atoms with van der Waals surface area (Å²) < 4.78 is 0. The van der Waals surface area contributed by atoms with E-state index in [2.05, 4.69) is 59.8 Å². The third kappa shape index (κ3) is 14.4. The molecule has 0 spiro atoms. The van der Waals surface area contributed by atoms with Gasteiger partial charge in [-0.15, -0.1) is 0 Å². The fourth-order valence-electron chi connectivity index (χ4n) is 2.75. The summed E-state index contributed by atoms with van der Waals surface area (Å²) in [6, 6.07) is 0. The van der Waals surface area contributed by atoms with Crippen molar-refractivity contribution in [1.29, 1.82) is 0 Å². The fourth-order valence-corrected chi connectivity index (χ4v) is 2.75. The lowest BCUT2D eigenvalue weighted by atomic mass is 9.97. The van der Waals surface area contributed by atoms with Gasteiger partial charge >= 0.3 is 0 Å². The minimum Gasteiger partial charge on any atom is -0.0845 e. The smallest absolute Gasteiger partial charge is 0.0261 e. The minimum atomic E-state index is 0.719. The van der Waals surface area contributed by atoms with Crippen molar-refractivity contribution in [3.63, 3.8) is 0 Å². The second-order valence-corrected chi connectivity index (χ2v) is 6.69. The van der Waals surface area contributed by atoms with Gasteiger partial charge in [-0.2, -0.15) is 0 Å². The summed E-state index contributed by atoms with van der Waals surface area (Å²) in [5.74, 6) is 2.72. The van der Waals surface area contributed by atoms with E-state index in [4.69, 9.17) is 0 Å². The summed E-state index contributed by atoms with van der Waals surface area (Å²) in [7, 11) is 0. The topological polar surface area (TPSA) is 0 Å². The highest BCUT2D eigenvalue weighted by Crippen LogP contribution is 2.26. The first-order valence-corrected chi connectivity index (χ1v) is 9.86. The monoisotopic (exact) mass is 308 g/mol. The summed E-state index contributed by atoms with van der Waals surface area (Å²) in [6.45, 7) is 17.5. The van der Waals surface area contributed by atoms with E-state index in [0.29, 0.717) is 0 Å². The molecule has 0 aromatic rings. The molecule has 1 fully saturated rings. The summed E-state index contributed by atoms with van der Waals surface area (Å²) in [6.07, 6.45) is 16.5. The van der Waals surface area contributed by atoms with Gasteiger partial charge in [0.15, 0.2) is 0 Å². The SMILES string of the molecule is C/C=C(\C=C/C(C)CC)CC.CC.CC1CCCCC(C)C1. The van der Waals surface area contributed by atoms with Gasteiger partial charge < -0.3 is 0 Å². The first-order chi connectivity index (χ1) is 10.5. The van der Waals surface area contributed by atoms with E-state index in [1.807, 2.05) is 13.8 Å². The van der Waals surface area contributed by atoms with Crippen LogP contribution in [0.3, 0.4) is 0 Å². The molecular weight excluding hydrogens is 264 g/mol. The van der Waals surface area contributed by atoms with Crippen molar-refractivity contribution in [3.8, 4) is 0 Å². The first kappa shape index (κ1) is 23.7. The predicted octanol–water partition coefficient (Wildman–Crippen LogP) is 8.19. The highest BCUT2D eigenvalue weighted by molar-refractivity contribution is 5.17. The van der Waals surface area contributed by atoms with Crippen LogP contribution < -0.4 is 0 Å². The molecule has 0 heterocycles. The van der Waals surface area contributed by atoms with Gasteiger partial charge in [0, 0.05) is 0 Å². The molecule has 0 heteroatoms. The number of hydrogen-bond donors (Lipinski definition) is 0. The van der Waals surface area contributed by atoms with Crippen LogP contribution in [0.1, 0.15) is 100 Å². The van der Waals surface area contributed by atoms with Crippen molar-refractivity contribution in [2.75, 3.05) is 0 Å². The Kier molecular flexibility index (Phi) is 18.2. The Bertz CT molecular complexity index is 262. The van der Waals surface area contributed by atoms with Crippen molar-refractivity contribution in [1.82, 2.24) is 0 Å². The molecule has 0 aromatic heterocycles. The molecule has 0 amide bonds. The number of rotatable bonds is 4. The summed E-state index contributed by atoms with van der Waals surface area (Å²) >= 11 is 0. The van der Waals surface area contributed by atoms with Gasteiger partial charge in [-0.3, -0.25) is 0 Å². The Hall–Kier alpha value is -0.520. The molecule has 1 saturated carbocycles. The van der Waals surface area contributed by atoms with E-state index in [9.17, 15) is 0 Å². The van der Waals surface area contributed by atoms with E-state index < -0.39 is 0 Å². The standard InChI is InChI=1S/C11H20.C9H18.C2H6/c1-5-10(4)8-9-11(6-2)7-3;1-8-5-3-4-6-9(2)7-8;1-2/h6,8-10H,5,7H2,1-4H3;8-9H,3-7H2,1-2H3;1-2H3/b9-8-,11-6-;;. The maximum atomic E-state index is 2.39. The maximum Gasteiger partial charge on any atom is -0.0261 e. The normalized spacial score (nSPS) is 23.7. The van der Waals surface area contributed by atoms with Crippen LogP contribution in [-0.2, 0) is 0 Å². The fraction of sp³-hybridized carbons (Fsp3) is 0.818. The Morgan fingerprint density at radius 1 is 1.05 bits per heavy atom. The van der Waals surface area contributed by atoms with Gasteiger partial charge in [-0.1, -0.05) is 104 Å². The van der Waals surface area contributed by atoms with Gasteiger partial charge in [0.1, 0.15) is 0 Å².